The van der Waals surface area contributed by atoms with Gasteiger partial charge in [0, 0.05) is 31.1 Å². The Morgan fingerprint density at radius 2 is 1.67 bits per heavy atom. The normalized spacial score (nSPS) is 18.2. The molecule has 0 radical (unpaired) electrons. The van der Waals surface area contributed by atoms with E-state index in [0.717, 1.165) is 61.5 Å². The molecule has 6 rings (SSSR count). The van der Waals surface area contributed by atoms with Crippen LogP contribution in [0.4, 0.5) is 0 Å². The third-order valence-corrected chi connectivity index (χ3v) is 6.98. The van der Waals surface area contributed by atoms with E-state index in [-0.39, 0.29) is 5.92 Å². The first-order valence-corrected chi connectivity index (χ1v) is 11.9. The van der Waals surface area contributed by atoms with Crippen molar-refractivity contribution in [1.82, 2.24) is 24.4 Å². The number of imidazole rings is 1. The number of nitrogens with zero attached hydrogens (tertiary/aromatic N) is 5. The Morgan fingerprint density at radius 1 is 0.939 bits per heavy atom. The monoisotopic (exact) mass is 457 g/mol. The number of fused-ring (bicyclic) bond motifs is 1. The summed E-state index contributed by atoms with van der Waals surface area (Å²) in [7, 11) is 0. The number of hydrogen-bond donors (Lipinski definition) is 0. The van der Waals surface area contributed by atoms with Crippen molar-refractivity contribution in [3.63, 3.8) is 0 Å². The summed E-state index contributed by atoms with van der Waals surface area (Å²) in [6.45, 7) is 2.37. The SMILES string of the molecule is O=C(C1CC1)N1CC[C@H](Cn2c(-c3ccc(-c4ccccc4)cc3)nc3c(Cl)ncnc32)C1. The van der Waals surface area contributed by atoms with Crippen LogP contribution in [0.2, 0.25) is 5.15 Å². The van der Waals surface area contributed by atoms with Gasteiger partial charge in [0.15, 0.2) is 10.8 Å². The summed E-state index contributed by atoms with van der Waals surface area (Å²) in [4.78, 5) is 28.0. The number of hydrogen-bond acceptors (Lipinski definition) is 4. The van der Waals surface area contributed by atoms with Gasteiger partial charge in [0.2, 0.25) is 5.91 Å². The molecule has 33 heavy (non-hydrogen) atoms. The summed E-state index contributed by atoms with van der Waals surface area (Å²) in [5.74, 6) is 1.79. The minimum atomic E-state index is 0.267. The smallest absolute Gasteiger partial charge is 0.225 e. The summed E-state index contributed by atoms with van der Waals surface area (Å²) in [6.07, 6.45) is 4.57. The van der Waals surface area contributed by atoms with E-state index in [1.54, 1.807) is 0 Å². The van der Waals surface area contributed by atoms with Gasteiger partial charge >= 0.3 is 0 Å². The molecule has 0 unspecified atom stereocenters. The second-order valence-electron chi connectivity index (χ2n) is 9.04. The van der Waals surface area contributed by atoms with Crippen LogP contribution >= 0.6 is 11.6 Å². The average molecular weight is 458 g/mol. The Labute approximate surface area is 197 Å². The lowest BCUT2D eigenvalue weighted by atomic mass is 10.0. The summed E-state index contributed by atoms with van der Waals surface area (Å²) >= 11 is 6.38. The van der Waals surface area contributed by atoms with Crippen LogP contribution in [0.15, 0.2) is 60.9 Å². The summed E-state index contributed by atoms with van der Waals surface area (Å²) < 4.78 is 2.15. The zero-order valence-electron chi connectivity index (χ0n) is 18.2. The molecule has 1 aliphatic heterocycles. The molecule has 1 atom stereocenters. The fourth-order valence-corrected chi connectivity index (χ4v) is 4.94. The molecule has 2 aromatic carbocycles. The van der Waals surface area contributed by atoms with E-state index in [2.05, 4.69) is 50.9 Å². The van der Waals surface area contributed by atoms with Gasteiger partial charge in [-0.05, 0) is 36.3 Å². The minimum absolute atomic E-state index is 0.267. The van der Waals surface area contributed by atoms with Crippen molar-refractivity contribution in [3.8, 4) is 22.5 Å². The topological polar surface area (TPSA) is 63.9 Å². The van der Waals surface area contributed by atoms with Gasteiger partial charge in [0.25, 0.3) is 0 Å². The van der Waals surface area contributed by atoms with Crippen molar-refractivity contribution in [1.29, 1.82) is 0 Å². The molecule has 166 valence electrons. The second-order valence-corrected chi connectivity index (χ2v) is 9.40. The molecule has 0 N–H and O–H groups in total. The average Bonchev–Trinajstić information content (AvgIpc) is 3.49. The lowest BCUT2D eigenvalue weighted by Gasteiger charge is -2.17. The van der Waals surface area contributed by atoms with Crippen LogP contribution in [0.5, 0.6) is 0 Å². The highest BCUT2D eigenvalue weighted by Gasteiger charge is 2.37. The Hall–Kier alpha value is -3.25. The van der Waals surface area contributed by atoms with Gasteiger partial charge in [-0.1, -0.05) is 66.2 Å². The maximum atomic E-state index is 12.5. The Bertz CT molecular complexity index is 1310. The molecule has 4 aromatic rings. The first kappa shape index (κ1) is 20.4. The molecule has 1 saturated carbocycles. The van der Waals surface area contributed by atoms with Gasteiger partial charge < -0.3 is 9.47 Å². The number of likely N-dealkylation sites (tertiary alicyclic amines) is 1. The van der Waals surface area contributed by atoms with Crippen molar-refractivity contribution in [3.05, 3.63) is 66.1 Å². The largest absolute Gasteiger partial charge is 0.342 e. The number of benzene rings is 2. The lowest BCUT2D eigenvalue weighted by molar-refractivity contribution is -0.131. The Kier molecular flexibility index (Phi) is 5.10. The van der Waals surface area contributed by atoms with Crippen molar-refractivity contribution < 1.29 is 4.79 Å². The first-order chi connectivity index (χ1) is 16.2. The van der Waals surface area contributed by atoms with Crippen LogP contribution in [-0.4, -0.2) is 43.4 Å². The van der Waals surface area contributed by atoms with E-state index in [0.29, 0.717) is 22.5 Å². The minimum Gasteiger partial charge on any atom is -0.342 e. The number of rotatable bonds is 5. The van der Waals surface area contributed by atoms with E-state index in [4.69, 9.17) is 16.6 Å². The third-order valence-electron chi connectivity index (χ3n) is 6.70. The first-order valence-electron chi connectivity index (χ1n) is 11.5. The molecule has 1 saturated heterocycles. The van der Waals surface area contributed by atoms with Crippen LogP contribution in [-0.2, 0) is 11.3 Å². The van der Waals surface area contributed by atoms with E-state index >= 15 is 0 Å². The van der Waals surface area contributed by atoms with E-state index in [1.807, 2.05) is 23.1 Å². The maximum absolute atomic E-state index is 12.5. The van der Waals surface area contributed by atoms with Gasteiger partial charge in [-0.2, -0.15) is 0 Å². The van der Waals surface area contributed by atoms with Crippen LogP contribution < -0.4 is 0 Å². The molecule has 3 heterocycles. The number of aromatic nitrogens is 4. The molecule has 2 fully saturated rings. The maximum Gasteiger partial charge on any atom is 0.225 e. The molecule has 1 aliphatic carbocycles. The second kappa shape index (κ2) is 8.27. The van der Waals surface area contributed by atoms with E-state index < -0.39 is 0 Å². The van der Waals surface area contributed by atoms with Crippen molar-refractivity contribution in [2.24, 2.45) is 11.8 Å². The standard InChI is InChI=1S/C26H24ClN5O/c27-23-22-25(29-16-28-23)32(15-17-12-13-31(14-17)26(33)21-10-11-21)24(30-22)20-8-6-19(7-9-20)18-4-2-1-3-5-18/h1-9,16-17,21H,10-15H2/t17-/m0/s1. The molecular weight excluding hydrogens is 434 g/mol. The zero-order chi connectivity index (χ0) is 22.4. The highest BCUT2D eigenvalue weighted by molar-refractivity contribution is 6.33. The van der Waals surface area contributed by atoms with Gasteiger partial charge in [-0.3, -0.25) is 4.79 Å². The van der Waals surface area contributed by atoms with Crippen LogP contribution in [0.25, 0.3) is 33.7 Å². The Balaban J connectivity index is 1.33. The molecule has 0 bridgehead atoms. The number of halogens is 1. The predicted molar refractivity (Wildman–Crippen MR) is 129 cm³/mol. The highest BCUT2D eigenvalue weighted by Crippen LogP contribution is 2.34. The quantitative estimate of drug-likeness (QED) is 0.392. The van der Waals surface area contributed by atoms with Crippen molar-refractivity contribution in [2.75, 3.05) is 13.1 Å². The van der Waals surface area contributed by atoms with Crippen LogP contribution in [0.1, 0.15) is 19.3 Å². The number of amides is 1. The molecule has 2 aromatic heterocycles. The van der Waals surface area contributed by atoms with E-state index in [1.165, 1.54) is 11.9 Å². The van der Waals surface area contributed by atoms with E-state index in [9.17, 15) is 4.79 Å². The number of carbonyl (C=O) groups is 1. The van der Waals surface area contributed by atoms with Gasteiger partial charge in [-0.15, -0.1) is 0 Å². The summed E-state index contributed by atoms with van der Waals surface area (Å²) in [5, 5.41) is 0.359. The highest BCUT2D eigenvalue weighted by atomic mass is 35.5. The van der Waals surface area contributed by atoms with Crippen molar-refractivity contribution >= 4 is 28.7 Å². The molecule has 1 amide bonds. The molecular formula is C26H24ClN5O. The number of carbonyl (C=O) groups excluding carboxylic acids is 1. The van der Waals surface area contributed by atoms with Gasteiger partial charge in [0.05, 0.1) is 0 Å². The van der Waals surface area contributed by atoms with Crippen LogP contribution in [0.3, 0.4) is 0 Å². The zero-order valence-corrected chi connectivity index (χ0v) is 18.9. The van der Waals surface area contributed by atoms with Gasteiger partial charge in [0.1, 0.15) is 17.7 Å². The van der Waals surface area contributed by atoms with Crippen molar-refractivity contribution in [2.45, 2.75) is 25.8 Å². The third kappa shape index (κ3) is 3.89. The Morgan fingerprint density at radius 3 is 2.42 bits per heavy atom. The van der Waals surface area contributed by atoms with Gasteiger partial charge in [-0.25, -0.2) is 15.0 Å². The molecule has 6 nitrogen and oxygen atoms in total. The lowest BCUT2D eigenvalue weighted by Crippen LogP contribution is -2.30. The molecule has 7 heteroatoms. The molecule has 0 spiro atoms. The fraction of sp³-hybridized carbons (Fsp3) is 0.308. The van der Waals surface area contributed by atoms with Crippen LogP contribution in [0, 0.1) is 11.8 Å². The fourth-order valence-electron chi connectivity index (χ4n) is 4.77. The summed E-state index contributed by atoms with van der Waals surface area (Å²) in [6, 6.07) is 18.7. The predicted octanol–water partition coefficient (Wildman–Crippen LogP) is 5.07. The summed E-state index contributed by atoms with van der Waals surface area (Å²) in [5.41, 5.74) is 4.70. The molecule has 2 aliphatic rings.